The maximum atomic E-state index is 12.8. The molecule has 10 heteroatoms. The van der Waals surface area contributed by atoms with Crippen LogP contribution in [-0.4, -0.2) is 62.7 Å². The number of likely N-dealkylation sites (N-methyl/N-ethyl adjacent to an activating group) is 1. The second-order valence-electron chi connectivity index (χ2n) is 8.92. The predicted molar refractivity (Wildman–Crippen MR) is 126 cm³/mol. The number of amides is 2. The molecule has 0 unspecified atom stereocenters. The summed E-state index contributed by atoms with van der Waals surface area (Å²) in [5.74, 6) is -0.0112. The van der Waals surface area contributed by atoms with Crippen molar-refractivity contribution in [2.24, 2.45) is 4.99 Å². The molecule has 3 N–H and O–H groups in total. The molecule has 2 amide bonds. The van der Waals surface area contributed by atoms with Crippen LogP contribution in [0.5, 0.6) is 0 Å². The highest BCUT2D eigenvalue weighted by Crippen LogP contribution is 2.16. The number of nitrogens with zero attached hydrogens (tertiary/aromatic N) is 2. The van der Waals surface area contributed by atoms with Gasteiger partial charge in [-0.05, 0) is 58.4 Å². The van der Waals surface area contributed by atoms with Crippen molar-refractivity contribution in [2.75, 3.05) is 31.5 Å². The van der Waals surface area contributed by atoms with Crippen molar-refractivity contribution in [3.63, 3.8) is 0 Å². The molecule has 0 saturated carbocycles. The number of benzene rings is 1. The van der Waals surface area contributed by atoms with E-state index in [0.717, 1.165) is 19.3 Å². The van der Waals surface area contributed by atoms with Crippen LogP contribution in [0.1, 0.15) is 53.4 Å². The molecule has 0 saturated heterocycles. The summed E-state index contributed by atoms with van der Waals surface area (Å²) in [7, 11) is -3.79. The lowest BCUT2D eigenvalue weighted by Crippen LogP contribution is -2.47. The number of carbonyl (C=O) groups is 2. The molecule has 0 fully saturated rings. The molecule has 32 heavy (non-hydrogen) atoms. The molecule has 1 aromatic carbocycles. The Kier molecular flexibility index (Phi) is 9.21. The largest absolute Gasteiger partial charge is 0.350 e. The number of aliphatic imine (C=N–C) groups is 1. The van der Waals surface area contributed by atoms with Gasteiger partial charge in [-0.2, -0.15) is 0 Å². The van der Waals surface area contributed by atoms with E-state index in [1.165, 1.54) is 12.1 Å². The van der Waals surface area contributed by atoms with E-state index in [1.807, 2.05) is 27.7 Å². The molecule has 1 heterocycles. The third-order valence-electron chi connectivity index (χ3n) is 4.75. The second kappa shape index (κ2) is 11.4. The fourth-order valence-corrected chi connectivity index (χ4v) is 4.39. The van der Waals surface area contributed by atoms with E-state index < -0.39 is 10.0 Å². The van der Waals surface area contributed by atoms with E-state index in [9.17, 15) is 18.0 Å². The summed E-state index contributed by atoms with van der Waals surface area (Å²) in [4.78, 5) is 30.7. The van der Waals surface area contributed by atoms with Crippen molar-refractivity contribution in [3.8, 4) is 0 Å². The first-order chi connectivity index (χ1) is 15.0. The number of amidine groups is 1. The van der Waals surface area contributed by atoms with E-state index in [-0.39, 0.29) is 35.3 Å². The van der Waals surface area contributed by atoms with E-state index in [2.05, 4.69) is 20.3 Å². The smallest absolute Gasteiger partial charge is 0.262 e. The second-order valence-corrected chi connectivity index (χ2v) is 10.6. The molecule has 0 radical (unpaired) electrons. The van der Waals surface area contributed by atoms with Crippen molar-refractivity contribution in [2.45, 2.75) is 63.8 Å². The first-order valence-electron chi connectivity index (χ1n) is 11.0. The molecule has 0 spiro atoms. The van der Waals surface area contributed by atoms with Crippen LogP contribution in [0.2, 0.25) is 0 Å². The lowest BCUT2D eigenvalue weighted by molar-refractivity contribution is -0.124. The quantitative estimate of drug-likeness (QED) is 0.543. The average Bonchev–Trinajstić information content (AvgIpc) is 2.94. The minimum Gasteiger partial charge on any atom is -0.350 e. The Bertz CT molecular complexity index is 938. The van der Waals surface area contributed by atoms with Gasteiger partial charge in [-0.15, -0.1) is 0 Å². The summed E-state index contributed by atoms with van der Waals surface area (Å²) in [6.07, 6.45) is 3.49. The van der Waals surface area contributed by atoms with Crippen molar-refractivity contribution in [3.05, 3.63) is 24.3 Å². The fraction of sp³-hybridized carbons (Fsp3) is 0.591. The van der Waals surface area contributed by atoms with Gasteiger partial charge < -0.3 is 10.6 Å². The first-order valence-corrected chi connectivity index (χ1v) is 12.5. The summed E-state index contributed by atoms with van der Waals surface area (Å²) >= 11 is 0. The van der Waals surface area contributed by atoms with Crippen LogP contribution in [-0.2, 0) is 19.6 Å². The molecule has 178 valence electrons. The zero-order valence-electron chi connectivity index (χ0n) is 19.4. The molecule has 0 atom stereocenters. The monoisotopic (exact) mass is 465 g/mol. The molecule has 1 aromatic rings. The standard InChI is InChI=1S/C22H35N5O4S/c1-5-27(16-21(29)25-22(2,3)4)15-20(28)24-17-10-9-11-18(14-17)32(30,31)26-19-12-7-6-8-13-23-19/h9-11,14H,5-8,12-13,15-16H2,1-4H3,(H,23,26)(H,24,28)(H,25,29). The fourth-order valence-electron chi connectivity index (χ4n) is 3.26. The summed E-state index contributed by atoms with van der Waals surface area (Å²) in [6, 6.07) is 6.10. The highest BCUT2D eigenvalue weighted by atomic mass is 32.2. The van der Waals surface area contributed by atoms with Crippen LogP contribution < -0.4 is 15.4 Å². The summed E-state index contributed by atoms with van der Waals surface area (Å²) in [6.45, 7) is 8.81. The van der Waals surface area contributed by atoms with Crippen molar-refractivity contribution >= 4 is 33.4 Å². The zero-order valence-corrected chi connectivity index (χ0v) is 20.2. The molecule has 1 aliphatic rings. The van der Waals surface area contributed by atoms with E-state index >= 15 is 0 Å². The van der Waals surface area contributed by atoms with Crippen molar-refractivity contribution < 1.29 is 18.0 Å². The number of carbonyl (C=O) groups excluding carboxylic acids is 2. The first kappa shape index (κ1) is 25.8. The molecule has 1 aliphatic heterocycles. The Morgan fingerprint density at radius 3 is 2.50 bits per heavy atom. The number of rotatable bonds is 8. The van der Waals surface area contributed by atoms with Gasteiger partial charge in [0, 0.05) is 24.2 Å². The predicted octanol–water partition coefficient (Wildman–Crippen LogP) is 2.11. The Hall–Kier alpha value is -2.46. The number of hydrogen-bond acceptors (Lipinski definition) is 6. The van der Waals surface area contributed by atoms with Crippen LogP contribution >= 0.6 is 0 Å². The molecular weight excluding hydrogens is 430 g/mol. The molecule has 0 aliphatic carbocycles. The number of sulfonamides is 1. The number of nitrogens with one attached hydrogen (secondary N) is 3. The van der Waals surface area contributed by atoms with Crippen molar-refractivity contribution in [1.82, 2.24) is 14.9 Å². The SMILES string of the molecule is CCN(CC(=O)Nc1cccc(S(=O)(=O)NC2=NCCCCC2)c1)CC(=O)NC(C)(C)C. The van der Waals surface area contributed by atoms with Gasteiger partial charge in [0.15, 0.2) is 0 Å². The Labute approximate surface area is 191 Å². The van der Waals surface area contributed by atoms with Gasteiger partial charge in [0.1, 0.15) is 5.84 Å². The van der Waals surface area contributed by atoms with Crippen LogP contribution in [0.3, 0.4) is 0 Å². The number of anilines is 1. The van der Waals surface area contributed by atoms with Gasteiger partial charge in [0.05, 0.1) is 18.0 Å². The maximum Gasteiger partial charge on any atom is 0.262 e. The Morgan fingerprint density at radius 2 is 1.81 bits per heavy atom. The van der Waals surface area contributed by atoms with Crippen LogP contribution in [0.15, 0.2) is 34.2 Å². The third kappa shape index (κ3) is 8.96. The average molecular weight is 466 g/mol. The molecular formula is C22H35N5O4S. The Balaban J connectivity index is 1.99. The highest BCUT2D eigenvalue weighted by Gasteiger charge is 2.20. The van der Waals surface area contributed by atoms with Gasteiger partial charge in [-0.1, -0.05) is 19.4 Å². The van der Waals surface area contributed by atoms with E-state index in [1.54, 1.807) is 17.0 Å². The van der Waals surface area contributed by atoms with Gasteiger partial charge in [0.25, 0.3) is 10.0 Å². The van der Waals surface area contributed by atoms with Crippen LogP contribution in [0.25, 0.3) is 0 Å². The summed E-state index contributed by atoms with van der Waals surface area (Å²) in [5.41, 5.74) is 0.0250. The topological polar surface area (TPSA) is 120 Å². The minimum absolute atomic E-state index is 0.0140. The lowest BCUT2D eigenvalue weighted by atomic mass is 10.1. The van der Waals surface area contributed by atoms with Gasteiger partial charge in [-0.3, -0.25) is 24.2 Å². The Morgan fingerprint density at radius 1 is 1.09 bits per heavy atom. The number of hydrogen-bond donors (Lipinski definition) is 3. The van der Waals surface area contributed by atoms with E-state index in [4.69, 9.17) is 0 Å². The molecule has 2 rings (SSSR count). The van der Waals surface area contributed by atoms with E-state index in [0.29, 0.717) is 31.0 Å². The summed E-state index contributed by atoms with van der Waals surface area (Å²) < 4.78 is 28.1. The zero-order chi connectivity index (χ0) is 23.8. The maximum absolute atomic E-state index is 12.8. The van der Waals surface area contributed by atoms with Gasteiger partial charge in [-0.25, -0.2) is 8.42 Å². The highest BCUT2D eigenvalue weighted by molar-refractivity contribution is 7.90. The molecule has 0 aromatic heterocycles. The normalized spacial score (nSPS) is 15.0. The summed E-state index contributed by atoms with van der Waals surface area (Å²) in [5, 5.41) is 5.59. The molecule has 0 bridgehead atoms. The van der Waals surface area contributed by atoms with Crippen LogP contribution in [0.4, 0.5) is 5.69 Å². The van der Waals surface area contributed by atoms with Crippen molar-refractivity contribution in [1.29, 1.82) is 0 Å². The minimum atomic E-state index is -3.79. The third-order valence-corrected chi connectivity index (χ3v) is 6.13. The van der Waals surface area contributed by atoms with Gasteiger partial charge >= 0.3 is 0 Å². The van der Waals surface area contributed by atoms with Gasteiger partial charge in [0.2, 0.25) is 11.8 Å². The van der Waals surface area contributed by atoms with Crippen LogP contribution in [0, 0.1) is 0 Å². The molecule has 9 nitrogen and oxygen atoms in total. The lowest BCUT2D eigenvalue weighted by Gasteiger charge is -2.24.